The minimum absolute atomic E-state index is 0.379. The molecule has 0 aromatic carbocycles. The predicted octanol–water partition coefficient (Wildman–Crippen LogP) is 2.30. The van der Waals surface area contributed by atoms with Gasteiger partial charge < -0.3 is 9.84 Å². The van der Waals surface area contributed by atoms with Crippen molar-refractivity contribution in [1.82, 2.24) is 4.90 Å². The van der Waals surface area contributed by atoms with Crippen LogP contribution in [-0.2, 0) is 4.74 Å². The molecule has 0 bridgehead atoms. The molecule has 18 heavy (non-hydrogen) atoms. The van der Waals surface area contributed by atoms with Crippen LogP contribution in [0.2, 0.25) is 0 Å². The van der Waals surface area contributed by atoms with Gasteiger partial charge in [-0.05, 0) is 47.0 Å². The molecule has 0 aromatic rings. The van der Waals surface area contributed by atoms with Gasteiger partial charge in [0.25, 0.3) is 0 Å². The third kappa shape index (κ3) is 7.13. The van der Waals surface area contributed by atoms with E-state index in [-0.39, 0.29) is 6.10 Å². The van der Waals surface area contributed by atoms with Crippen LogP contribution in [0.3, 0.4) is 0 Å². The summed E-state index contributed by atoms with van der Waals surface area (Å²) in [6.45, 7) is 7.06. The minimum Gasteiger partial charge on any atom is -0.444 e. The number of aliphatic hydroxyl groups is 1. The first-order chi connectivity index (χ1) is 8.17. The Morgan fingerprint density at radius 1 is 1.44 bits per heavy atom. The molecule has 5 nitrogen and oxygen atoms in total. The maximum Gasteiger partial charge on any atom is 0.411 e. The topological polar surface area (TPSA) is 73.6 Å². The molecule has 104 valence electrons. The zero-order valence-corrected chi connectivity index (χ0v) is 11.9. The van der Waals surface area contributed by atoms with Crippen molar-refractivity contribution in [2.45, 2.75) is 64.7 Å². The molecule has 0 aromatic heterocycles. The van der Waals surface area contributed by atoms with Gasteiger partial charge in [-0.3, -0.25) is 4.90 Å². The second kappa shape index (κ2) is 7.22. The van der Waals surface area contributed by atoms with Crippen LogP contribution in [0, 0.1) is 11.3 Å². The summed E-state index contributed by atoms with van der Waals surface area (Å²) in [5, 5.41) is 18.2. The van der Waals surface area contributed by atoms with Crippen LogP contribution in [0.1, 0.15) is 47.0 Å². The summed E-state index contributed by atoms with van der Waals surface area (Å²) in [5.41, 5.74) is -0.565. The SMILES string of the molecule is CC(O)CCCC(C#N)N(C)C(=O)OC(C)(C)C. The van der Waals surface area contributed by atoms with E-state index in [0.29, 0.717) is 19.3 Å². The summed E-state index contributed by atoms with van der Waals surface area (Å²) in [7, 11) is 1.56. The maximum absolute atomic E-state index is 11.8. The zero-order chi connectivity index (χ0) is 14.3. The molecule has 0 spiro atoms. The van der Waals surface area contributed by atoms with E-state index < -0.39 is 17.7 Å². The van der Waals surface area contributed by atoms with Crippen molar-refractivity contribution in [3.63, 3.8) is 0 Å². The summed E-state index contributed by atoms with van der Waals surface area (Å²) in [6.07, 6.45) is 0.989. The molecule has 0 aliphatic carbocycles. The Morgan fingerprint density at radius 2 is 2.00 bits per heavy atom. The lowest BCUT2D eigenvalue weighted by atomic mass is 10.1. The lowest BCUT2D eigenvalue weighted by Gasteiger charge is -2.27. The first-order valence-corrected chi connectivity index (χ1v) is 6.21. The Labute approximate surface area is 109 Å². The predicted molar refractivity (Wildman–Crippen MR) is 68.9 cm³/mol. The van der Waals surface area contributed by atoms with Crippen LogP contribution in [-0.4, -0.2) is 40.9 Å². The first-order valence-electron chi connectivity index (χ1n) is 6.21. The van der Waals surface area contributed by atoms with E-state index in [1.54, 1.807) is 34.7 Å². The van der Waals surface area contributed by atoms with E-state index in [1.165, 1.54) is 4.90 Å². The van der Waals surface area contributed by atoms with Crippen LogP contribution in [0.4, 0.5) is 4.79 Å². The lowest BCUT2D eigenvalue weighted by Crippen LogP contribution is -2.40. The van der Waals surface area contributed by atoms with E-state index in [2.05, 4.69) is 6.07 Å². The molecule has 0 rings (SSSR count). The smallest absolute Gasteiger partial charge is 0.411 e. The van der Waals surface area contributed by atoms with Gasteiger partial charge in [-0.15, -0.1) is 0 Å². The third-order valence-corrected chi connectivity index (χ3v) is 2.40. The second-order valence-corrected chi connectivity index (χ2v) is 5.52. The number of carbonyl (C=O) groups is 1. The van der Waals surface area contributed by atoms with Crippen LogP contribution < -0.4 is 0 Å². The Bertz CT molecular complexity index is 302. The summed E-state index contributed by atoms with van der Waals surface area (Å²) in [6, 6.07) is 1.57. The van der Waals surface area contributed by atoms with Crippen molar-refractivity contribution in [1.29, 1.82) is 5.26 Å². The quantitative estimate of drug-likeness (QED) is 0.819. The van der Waals surface area contributed by atoms with Crippen LogP contribution >= 0.6 is 0 Å². The summed E-state index contributed by atoms with van der Waals surface area (Å²) in [4.78, 5) is 13.1. The highest BCUT2D eigenvalue weighted by molar-refractivity contribution is 5.68. The number of rotatable bonds is 5. The van der Waals surface area contributed by atoms with Crippen LogP contribution in [0.15, 0.2) is 0 Å². The Kier molecular flexibility index (Phi) is 6.71. The molecule has 1 amide bonds. The summed E-state index contributed by atoms with van der Waals surface area (Å²) in [5.74, 6) is 0. The van der Waals surface area contributed by atoms with Crippen molar-refractivity contribution >= 4 is 6.09 Å². The molecule has 0 aliphatic rings. The van der Waals surface area contributed by atoms with E-state index in [0.717, 1.165) is 0 Å². The number of amides is 1. The highest BCUT2D eigenvalue weighted by Crippen LogP contribution is 2.13. The number of nitriles is 1. The fourth-order valence-corrected chi connectivity index (χ4v) is 1.41. The van der Waals surface area contributed by atoms with Crippen LogP contribution in [0.5, 0.6) is 0 Å². The summed E-state index contributed by atoms with van der Waals surface area (Å²) >= 11 is 0. The number of ether oxygens (including phenoxy) is 1. The molecular weight excluding hydrogens is 232 g/mol. The van der Waals surface area contributed by atoms with Gasteiger partial charge >= 0.3 is 6.09 Å². The standard InChI is InChI=1S/C13H24N2O3/c1-10(16)7-6-8-11(9-14)15(5)12(17)18-13(2,3)4/h10-11,16H,6-8H2,1-5H3. The zero-order valence-electron chi connectivity index (χ0n) is 11.9. The van der Waals surface area contributed by atoms with Crippen molar-refractivity contribution < 1.29 is 14.6 Å². The van der Waals surface area contributed by atoms with Crippen molar-refractivity contribution in [2.24, 2.45) is 0 Å². The highest BCUT2D eigenvalue weighted by atomic mass is 16.6. The van der Waals surface area contributed by atoms with E-state index in [1.807, 2.05) is 0 Å². The molecular formula is C13H24N2O3. The molecule has 2 atom stereocenters. The van der Waals surface area contributed by atoms with E-state index in [4.69, 9.17) is 15.1 Å². The molecule has 1 N–H and O–H groups in total. The molecule has 0 heterocycles. The highest BCUT2D eigenvalue weighted by Gasteiger charge is 2.24. The van der Waals surface area contributed by atoms with Gasteiger partial charge in [0.2, 0.25) is 0 Å². The van der Waals surface area contributed by atoms with Crippen LogP contribution in [0.25, 0.3) is 0 Å². The maximum atomic E-state index is 11.8. The molecule has 0 radical (unpaired) electrons. The van der Waals surface area contributed by atoms with Crippen molar-refractivity contribution in [3.05, 3.63) is 0 Å². The molecule has 0 saturated heterocycles. The van der Waals surface area contributed by atoms with Gasteiger partial charge in [0.15, 0.2) is 0 Å². The second-order valence-electron chi connectivity index (χ2n) is 5.52. The fourth-order valence-electron chi connectivity index (χ4n) is 1.41. The van der Waals surface area contributed by atoms with Gasteiger partial charge in [0.1, 0.15) is 11.6 Å². The van der Waals surface area contributed by atoms with Crippen molar-refractivity contribution in [2.75, 3.05) is 7.05 Å². The number of hydrogen-bond donors (Lipinski definition) is 1. The Morgan fingerprint density at radius 3 is 2.39 bits per heavy atom. The number of aliphatic hydroxyl groups excluding tert-OH is 1. The Hall–Kier alpha value is -1.28. The fraction of sp³-hybridized carbons (Fsp3) is 0.846. The van der Waals surface area contributed by atoms with Gasteiger partial charge in [0, 0.05) is 7.05 Å². The van der Waals surface area contributed by atoms with Gasteiger partial charge in [-0.25, -0.2) is 4.79 Å². The van der Waals surface area contributed by atoms with Gasteiger partial charge in [0.05, 0.1) is 12.2 Å². The van der Waals surface area contributed by atoms with Gasteiger partial charge in [-0.2, -0.15) is 5.26 Å². The number of hydrogen-bond acceptors (Lipinski definition) is 4. The minimum atomic E-state index is -0.565. The molecule has 0 saturated carbocycles. The monoisotopic (exact) mass is 256 g/mol. The molecule has 2 unspecified atom stereocenters. The van der Waals surface area contributed by atoms with Crippen molar-refractivity contribution in [3.8, 4) is 6.07 Å². The molecule has 5 heteroatoms. The largest absolute Gasteiger partial charge is 0.444 e. The summed E-state index contributed by atoms with van der Waals surface area (Å²) < 4.78 is 5.20. The molecule has 0 fully saturated rings. The normalized spacial score (nSPS) is 14.5. The Balaban J connectivity index is 4.30. The number of nitrogens with zero attached hydrogens (tertiary/aromatic N) is 2. The average molecular weight is 256 g/mol. The van der Waals surface area contributed by atoms with Gasteiger partial charge in [-0.1, -0.05) is 0 Å². The third-order valence-electron chi connectivity index (χ3n) is 2.40. The van der Waals surface area contributed by atoms with E-state index >= 15 is 0 Å². The molecule has 0 aliphatic heterocycles. The lowest BCUT2D eigenvalue weighted by molar-refractivity contribution is 0.0252. The average Bonchev–Trinajstić information content (AvgIpc) is 2.20. The first kappa shape index (κ1) is 16.7. The van der Waals surface area contributed by atoms with E-state index in [9.17, 15) is 4.79 Å². The number of carbonyl (C=O) groups excluding carboxylic acids is 1.